The predicted molar refractivity (Wildman–Crippen MR) is 143 cm³/mol. The molecule has 0 aliphatic heterocycles. The Balaban J connectivity index is 1.75. The van der Waals surface area contributed by atoms with Crippen LogP contribution in [0.3, 0.4) is 0 Å². The van der Waals surface area contributed by atoms with Crippen molar-refractivity contribution >= 4 is 29.4 Å². The van der Waals surface area contributed by atoms with Crippen molar-refractivity contribution in [3.8, 4) is 0 Å². The van der Waals surface area contributed by atoms with E-state index >= 15 is 0 Å². The molecule has 0 spiro atoms. The fourth-order valence-corrected chi connectivity index (χ4v) is 4.60. The monoisotopic (exact) mass is 490 g/mol. The summed E-state index contributed by atoms with van der Waals surface area (Å²) in [6.07, 6.45) is 3.02. The lowest BCUT2D eigenvalue weighted by atomic mass is 10.1. The molecule has 0 saturated carbocycles. The zero-order valence-electron chi connectivity index (χ0n) is 20.5. The van der Waals surface area contributed by atoms with Gasteiger partial charge in [-0.05, 0) is 61.2 Å². The van der Waals surface area contributed by atoms with Crippen LogP contribution in [-0.2, 0) is 22.4 Å². The number of benzene rings is 3. The fourth-order valence-electron chi connectivity index (χ4n) is 3.65. The third-order valence-corrected chi connectivity index (χ3v) is 6.42. The van der Waals surface area contributed by atoms with Crippen molar-refractivity contribution in [3.05, 3.63) is 90.0 Å². The number of carbonyl (C=O) groups is 2. The highest BCUT2D eigenvalue weighted by molar-refractivity contribution is 7.99. The molecule has 35 heavy (non-hydrogen) atoms. The van der Waals surface area contributed by atoms with Crippen molar-refractivity contribution in [1.82, 2.24) is 5.32 Å². The van der Waals surface area contributed by atoms with E-state index < -0.39 is 0 Å². The number of esters is 1. The van der Waals surface area contributed by atoms with Gasteiger partial charge >= 0.3 is 12.0 Å². The van der Waals surface area contributed by atoms with Crippen LogP contribution in [0.1, 0.15) is 37.8 Å². The number of amides is 2. The van der Waals surface area contributed by atoms with Crippen molar-refractivity contribution < 1.29 is 14.3 Å². The molecule has 0 radical (unpaired) electrons. The van der Waals surface area contributed by atoms with E-state index in [1.807, 2.05) is 78.6 Å². The second kappa shape index (κ2) is 14.2. The predicted octanol–water partition coefficient (Wildman–Crippen LogP) is 6.50. The van der Waals surface area contributed by atoms with Crippen LogP contribution in [0, 0.1) is 0 Å². The molecule has 184 valence electrons. The van der Waals surface area contributed by atoms with E-state index in [2.05, 4.69) is 24.4 Å². The summed E-state index contributed by atoms with van der Waals surface area (Å²) in [5.41, 5.74) is 2.98. The summed E-state index contributed by atoms with van der Waals surface area (Å²) in [4.78, 5) is 28.8. The normalized spacial score (nSPS) is 10.6. The van der Waals surface area contributed by atoms with Gasteiger partial charge in [0, 0.05) is 28.6 Å². The minimum absolute atomic E-state index is 0.0760. The Kier molecular flexibility index (Phi) is 10.7. The van der Waals surface area contributed by atoms with Crippen molar-refractivity contribution in [2.24, 2.45) is 0 Å². The summed E-state index contributed by atoms with van der Waals surface area (Å²) < 4.78 is 5.07. The zero-order valence-corrected chi connectivity index (χ0v) is 21.4. The van der Waals surface area contributed by atoms with Crippen LogP contribution in [0.15, 0.2) is 88.7 Å². The van der Waals surface area contributed by atoms with Crippen molar-refractivity contribution in [2.45, 2.75) is 49.3 Å². The van der Waals surface area contributed by atoms with Crippen LogP contribution in [0.4, 0.5) is 10.5 Å². The Morgan fingerprint density at radius 1 is 0.886 bits per heavy atom. The zero-order chi connectivity index (χ0) is 24.9. The number of urea groups is 1. The van der Waals surface area contributed by atoms with Gasteiger partial charge in [0.15, 0.2) is 0 Å². The molecule has 2 amide bonds. The summed E-state index contributed by atoms with van der Waals surface area (Å²) >= 11 is 1.61. The van der Waals surface area contributed by atoms with E-state index in [4.69, 9.17) is 4.74 Å². The van der Waals surface area contributed by atoms with Gasteiger partial charge in [0.05, 0.1) is 13.0 Å². The molecule has 0 heterocycles. The molecule has 0 unspecified atom stereocenters. The van der Waals surface area contributed by atoms with Gasteiger partial charge < -0.3 is 10.1 Å². The van der Waals surface area contributed by atoms with E-state index in [-0.39, 0.29) is 18.4 Å². The number of nitrogens with one attached hydrogen (secondary N) is 1. The number of rotatable bonds is 12. The Morgan fingerprint density at radius 3 is 2.34 bits per heavy atom. The lowest BCUT2D eigenvalue weighted by Crippen LogP contribution is -2.41. The van der Waals surface area contributed by atoms with Crippen LogP contribution in [0.5, 0.6) is 0 Å². The maximum absolute atomic E-state index is 13.1. The largest absolute Gasteiger partial charge is 0.466 e. The number of unbranched alkanes of at least 4 members (excludes halogenated alkanes) is 1. The molecule has 1 N–H and O–H groups in total. The lowest BCUT2D eigenvalue weighted by Gasteiger charge is -2.24. The van der Waals surface area contributed by atoms with Gasteiger partial charge in [-0.25, -0.2) is 4.79 Å². The average molecular weight is 491 g/mol. The minimum atomic E-state index is -0.222. The highest BCUT2D eigenvalue weighted by Gasteiger charge is 2.16. The van der Waals surface area contributed by atoms with Crippen LogP contribution in [0.2, 0.25) is 0 Å². The van der Waals surface area contributed by atoms with E-state index in [1.54, 1.807) is 11.8 Å². The van der Waals surface area contributed by atoms with Crippen LogP contribution in [-0.4, -0.2) is 31.7 Å². The van der Waals surface area contributed by atoms with Gasteiger partial charge in [0.2, 0.25) is 0 Å². The van der Waals surface area contributed by atoms with Gasteiger partial charge in [0.25, 0.3) is 0 Å². The second-order valence-corrected chi connectivity index (χ2v) is 9.35. The van der Waals surface area contributed by atoms with E-state index in [0.717, 1.165) is 40.3 Å². The van der Waals surface area contributed by atoms with Crippen molar-refractivity contribution in [1.29, 1.82) is 0 Å². The first-order valence-corrected chi connectivity index (χ1v) is 13.0. The Hall–Kier alpha value is -3.25. The maximum Gasteiger partial charge on any atom is 0.321 e. The molecular formula is C29H34N2O3S. The summed E-state index contributed by atoms with van der Waals surface area (Å²) in [5, 5.41) is 3.06. The molecule has 0 bridgehead atoms. The summed E-state index contributed by atoms with van der Waals surface area (Å²) in [7, 11) is 0. The minimum Gasteiger partial charge on any atom is -0.466 e. The van der Waals surface area contributed by atoms with Gasteiger partial charge in [0.1, 0.15) is 0 Å². The topological polar surface area (TPSA) is 58.6 Å². The molecule has 0 fully saturated rings. The van der Waals surface area contributed by atoms with Gasteiger partial charge in [-0.1, -0.05) is 73.6 Å². The molecule has 0 aromatic heterocycles. The highest BCUT2D eigenvalue weighted by Crippen LogP contribution is 2.31. The highest BCUT2D eigenvalue weighted by atomic mass is 32.2. The molecule has 0 aliphatic carbocycles. The first-order chi connectivity index (χ1) is 17.1. The van der Waals surface area contributed by atoms with E-state index in [1.165, 1.54) is 5.56 Å². The second-order valence-electron chi connectivity index (χ2n) is 8.20. The van der Waals surface area contributed by atoms with Crippen molar-refractivity contribution in [2.75, 3.05) is 24.6 Å². The number of hydrogen-bond donors (Lipinski definition) is 1. The maximum atomic E-state index is 13.1. The average Bonchev–Trinajstić information content (AvgIpc) is 2.85. The molecule has 6 heteroatoms. The standard InChI is InChI=1S/C29H34N2O3S/c1-3-5-18-30-29(33)31(19-17-23-11-7-6-8-12-23)25-14-10-16-27(22-25)35-26-15-9-13-24(20-26)21-28(32)34-4-2/h6-16,20,22H,3-5,17-19,21H2,1-2H3,(H,30,33). The SMILES string of the molecule is CCCCNC(=O)N(CCc1ccccc1)c1cccc(Sc2cccc(CC(=O)OCC)c2)c1. The molecule has 0 atom stereocenters. The smallest absolute Gasteiger partial charge is 0.321 e. The summed E-state index contributed by atoms with van der Waals surface area (Å²) in [6, 6.07) is 26.1. The van der Waals surface area contributed by atoms with E-state index in [0.29, 0.717) is 19.7 Å². The fraction of sp³-hybridized carbons (Fsp3) is 0.310. The van der Waals surface area contributed by atoms with Gasteiger partial charge in [-0.2, -0.15) is 0 Å². The first-order valence-electron chi connectivity index (χ1n) is 12.2. The van der Waals surface area contributed by atoms with E-state index in [9.17, 15) is 9.59 Å². The number of hydrogen-bond acceptors (Lipinski definition) is 4. The first kappa shape index (κ1) is 26.4. The molecule has 3 aromatic rings. The Morgan fingerprint density at radius 2 is 1.60 bits per heavy atom. The van der Waals surface area contributed by atoms with Crippen LogP contribution < -0.4 is 10.2 Å². The third-order valence-electron chi connectivity index (χ3n) is 5.44. The molecular weight excluding hydrogens is 456 g/mol. The van der Waals surface area contributed by atoms with Gasteiger partial charge in [-0.15, -0.1) is 0 Å². The van der Waals surface area contributed by atoms with Crippen LogP contribution in [0.25, 0.3) is 0 Å². The van der Waals surface area contributed by atoms with Crippen molar-refractivity contribution in [3.63, 3.8) is 0 Å². The molecule has 5 nitrogen and oxygen atoms in total. The number of nitrogens with zero attached hydrogens (tertiary/aromatic N) is 1. The number of carbonyl (C=O) groups excluding carboxylic acids is 2. The number of anilines is 1. The molecule has 3 aromatic carbocycles. The Labute approximate surface area is 212 Å². The molecule has 0 saturated heterocycles. The molecule has 3 rings (SSSR count). The third kappa shape index (κ3) is 8.80. The number of ether oxygens (including phenoxy) is 1. The quantitative estimate of drug-likeness (QED) is 0.232. The van der Waals surface area contributed by atoms with Gasteiger partial charge in [-0.3, -0.25) is 9.69 Å². The Bertz CT molecular complexity index is 1090. The lowest BCUT2D eigenvalue weighted by molar-refractivity contribution is -0.142. The molecule has 0 aliphatic rings. The summed E-state index contributed by atoms with van der Waals surface area (Å²) in [6.45, 7) is 5.56. The van der Waals surface area contributed by atoms with Crippen LogP contribution >= 0.6 is 11.8 Å². The summed E-state index contributed by atoms with van der Waals surface area (Å²) in [5.74, 6) is -0.222.